The molecule has 146 valence electrons. The molecule has 28 heavy (non-hydrogen) atoms. The Hall–Kier alpha value is -2.75. The first-order valence-corrected chi connectivity index (χ1v) is 10.4. The number of nitrogens with zero attached hydrogens (tertiary/aromatic N) is 1. The van der Waals surface area contributed by atoms with Gasteiger partial charge in [-0.05, 0) is 87.1 Å². The molecule has 0 saturated carbocycles. The molecule has 1 aromatic heterocycles. The summed E-state index contributed by atoms with van der Waals surface area (Å²) in [6.07, 6.45) is 3.43. The van der Waals surface area contributed by atoms with Gasteiger partial charge in [-0.25, -0.2) is 0 Å². The Balaban J connectivity index is 1.55. The monoisotopic (exact) mass is 375 g/mol. The van der Waals surface area contributed by atoms with Gasteiger partial charge >= 0.3 is 0 Å². The van der Waals surface area contributed by atoms with Crippen molar-refractivity contribution < 1.29 is 4.79 Å². The maximum Gasteiger partial charge on any atom is 0.255 e. The predicted octanol–water partition coefficient (Wildman–Crippen LogP) is 5.39. The highest BCUT2D eigenvalue weighted by Crippen LogP contribution is 2.32. The van der Waals surface area contributed by atoms with Crippen LogP contribution >= 0.6 is 0 Å². The third kappa shape index (κ3) is 3.51. The van der Waals surface area contributed by atoms with Crippen molar-refractivity contribution in [1.82, 2.24) is 4.98 Å². The summed E-state index contributed by atoms with van der Waals surface area (Å²) in [4.78, 5) is 18.6. The lowest BCUT2D eigenvalue weighted by molar-refractivity contribution is 0.102. The maximum absolute atomic E-state index is 12.8. The molecule has 2 aromatic carbocycles. The number of fused-ring (bicyclic) bond motifs is 3. The highest BCUT2D eigenvalue weighted by atomic mass is 16.1. The predicted molar refractivity (Wildman–Crippen MR) is 117 cm³/mol. The molecule has 4 heteroatoms. The van der Waals surface area contributed by atoms with Crippen LogP contribution in [0.4, 0.5) is 11.4 Å². The molecule has 0 unspecified atom stereocenters. The van der Waals surface area contributed by atoms with E-state index < -0.39 is 0 Å². The summed E-state index contributed by atoms with van der Waals surface area (Å²) >= 11 is 0. The number of aromatic amines is 1. The molecule has 2 N–H and O–H groups in total. The van der Waals surface area contributed by atoms with Crippen LogP contribution in [0, 0.1) is 5.92 Å². The maximum atomic E-state index is 12.8. The Morgan fingerprint density at radius 2 is 1.89 bits per heavy atom. The van der Waals surface area contributed by atoms with Crippen LogP contribution in [0.3, 0.4) is 0 Å². The van der Waals surface area contributed by atoms with Crippen molar-refractivity contribution in [3.8, 4) is 0 Å². The Morgan fingerprint density at radius 1 is 1.14 bits per heavy atom. The number of nitrogens with one attached hydrogen (secondary N) is 2. The number of rotatable bonds is 5. The quantitative estimate of drug-likeness (QED) is 0.628. The Kier molecular flexibility index (Phi) is 5.12. The number of carbonyl (C=O) groups excluding carboxylic acids is 1. The van der Waals surface area contributed by atoms with E-state index in [0.29, 0.717) is 11.5 Å². The van der Waals surface area contributed by atoms with Crippen molar-refractivity contribution >= 4 is 28.2 Å². The van der Waals surface area contributed by atoms with Gasteiger partial charge in [0.2, 0.25) is 0 Å². The van der Waals surface area contributed by atoms with Crippen LogP contribution in [0.1, 0.15) is 48.8 Å². The van der Waals surface area contributed by atoms with Gasteiger partial charge in [-0.3, -0.25) is 4.79 Å². The van der Waals surface area contributed by atoms with Gasteiger partial charge in [-0.1, -0.05) is 6.92 Å². The van der Waals surface area contributed by atoms with E-state index in [4.69, 9.17) is 0 Å². The first kappa shape index (κ1) is 18.6. The van der Waals surface area contributed by atoms with Crippen LogP contribution in [0.15, 0.2) is 42.5 Å². The van der Waals surface area contributed by atoms with Crippen LogP contribution in [0.25, 0.3) is 10.9 Å². The largest absolute Gasteiger partial charge is 0.372 e. The average molecular weight is 376 g/mol. The summed E-state index contributed by atoms with van der Waals surface area (Å²) < 4.78 is 0. The zero-order chi connectivity index (χ0) is 19.7. The van der Waals surface area contributed by atoms with E-state index in [-0.39, 0.29) is 5.91 Å². The van der Waals surface area contributed by atoms with E-state index in [1.165, 1.54) is 28.8 Å². The minimum atomic E-state index is -0.0590. The van der Waals surface area contributed by atoms with Gasteiger partial charge in [0, 0.05) is 46.6 Å². The summed E-state index contributed by atoms with van der Waals surface area (Å²) in [5.74, 6) is 0.643. The van der Waals surface area contributed by atoms with Crippen molar-refractivity contribution in [2.75, 3.05) is 23.3 Å². The fraction of sp³-hybridized carbons (Fsp3) is 0.375. The molecule has 1 aliphatic rings. The average Bonchev–Trinajstić information content (AvgIpc) is 3.07. The van der Waals surface area contributed by atoms with Crippen molar-refractivity contribution in [3.63, 3.8) is 0 Å². The molecular formula is C24H29N3O. The molecular weight excluding hydrogens is 346 g/mol. The van der Waals surface area contributed by atoms with Crippen molar-refractivity contribution in [3.05, 3.63) is 59.3 Å². The molecule has 4 nitrogen and oxygen atoms in total. The molecule has 1 atom stereocenters. The van der Waals surface area contributed by atoms with Crippen LogP contribution in [-0.2, 0) is 12.8 Å². The molecule has 0 bridgehead atoms. The first-order chi connectivity index (χ1) is 13.6. The zero-order valence-electron chi connectivity index (χ0n) is 17.0. The van der Waals surface area contributed by atoms with Crippen molar-refractivity contribution in [2.45, 2.75) is 40.0 Å². The molecule has 1 aliphatic carbocycles. The fourth-order valence-electron chi connectivity index (χ4n) is 4.28. The second-order valence-electron chi connectivity index (χ2n) is 7.86. The lowest BCUT2D eigenvalue weighted by Crippen LogP contribution is -2.21. The second-order valence-corrected chi connectivity index (χ2v) is 7.86. The Labute approximate surface area is 166 Å². The number of H-pyrrole nitrogens is 1. The second kappa shape index (κ2) is 7.70. The Bertz CT molecular complexity index is 983. The minimum absolute atomic E-state index is 0.0590. The minimum Gasteiger partial charge on any atom is -0.372 e. The number of anilines is 2. The normalized spacial score (nSPS) is 16.0. The Morgan fingerprint density at radius 3 is 2.61 bits per heavy atom. The molecule has 3 aromatic rings. The topological polar surface area (TPSA) is 48.1 Å². The first-order valence-electron chi connectivity index (χ1n) is 10.4. The van der Waals surface area contributed by atoms with E-state index >= 15 is 0 Å². The van der Waals surface area contributed by atoms with E-state index in [1.54, 1.807) is 0 Å². The summed E-state index contributed by atoms with van der Waals surface area (Å²) in [6.45, 7) is 8.55. The van der Waals surface area contributed by atoms with E-state index in [0.717, 1.165) is 37.1 Å². The number of hydrogen-bond acceptors (Lipinski definition) is 2. The third-order valence-corrected chi connectivity index (χ3v) is 5.95. The standard InChI is InChI=1S/C24H29N3O/c1-4-27(5-2)19-10-8-18(9-11-19)25-24(28)17-7-13-23-21(15-17)20-14-16(3)6-12-22(20)26-23/h7-11,13,15-16,26H,4-6,12,14H2,1-3H3,(H,25,28)/t16-/m1/s1. The van der Waals surface area contributed by atoms with Gasteiger partial charge in [-0.15, -0.1) is 0 Å². The lowest BCUT2D eigenvalue weighted by Gasteiger charge is -2.21. The van der Waals surface area contributed by atoms with Crippen LogP contribution in [0.2, 0.25) is 0 Å². The van der Waals surface area contributed by atoms with E-state index in [9.17, 15) is 4.79 Å². The smallest absolute Gasteiger partial charge is 0.255 e. The SMILES string of the molecule is CCN(CC)c1ccc(NC(=O)c2ccc3[nH]c4c(c3c2)C[C@H](C)CC4)cc1. The van der Waals surface area contributed by atoms with Gasteiger partial charge in [0.1, 0.15) is 0 Å². The van der Waals surface area contributed by atoms with Gasteiger partial charge in [0.25, 0.3) is 5.91 Å². The molecule has 0 spiro atoms. The van der Waals surface area contributed by atoms with Crippen molar-refractivity contribution in [2.24, 2.45) is 5.92 Å². The summed E-state index contributed by atoms with van der Waals surface area (Å²) in [7, 11) is 0. The number of carbonyl (C=O) groups is 1. The van der Waals surface area contributed by atoms with E-state index in [2.05, 4.69) is 48.1 Å². The van der Waals surface area contributed by atoms with Gasteiger partial charge in [0.15, 0.2) is 0 Å². The molecule has 0 saturated heterocycles. The highest BCUT2D eigenvalue weighted by Gasteiger charge is 2.20. The number of amides is 1. The van der Waals surface area contributed by atoms with Crippen molar-refractivity contribution in [1.29, 1.82) is 0 Å². The summed E-state index contributed by atoms with van der Waals surface area (Å²) in [5.41, 5.74) is 6.59. The molecule has 0 radical (unpaired) electrons. The summed E-state index contributed by atoms with van der Waals surface area (Å²) in [5, 5.41) is 4.24. The van der Waals surface area contributed by atoms with Gasteiger partial charge in [-0.2, -0.15) is 0 Å². The zero-order valence-corrected chi connectivity index (χ0v) is 17.0. The molecule has 4 rings (SSSR count). The number of benzene rings is 2. The van der Waals surface area contributed by atoms with E-state index in [1.807, 2.05) is 30.3 Å². The number of aryl methyl sites for hydroxylation is 1. The fourth-order valence-corrected chi connectivity index (χ4v) is 4.28. The number of aromatic nitrogens is 1. The van der Waals surface area contributed by atoms with Crippen LogP contribution < -0.4 is 10.2 Å². The molecule has 0 aliphatic heterocycles. The molecule has 1 amide bonds. The van der Waals surface area contributed by atoms with Crippen LogP contribution in [0.5, 0.6) is 0 Å². The summed E-state index contributed by atoms with van der Waals surface area (Å²) in [6, 6.07) is 14.1. The molecule has 0 fully saturated rings. The van der Waals surface area contributed by atoms with Gasteiger partial charge < -0.3 is 15.2 Å². The third-order valence-electron chi connectivity index (χ3n) is 5.95. The highest BCUT2D eigenvalue weighted by molar-refractivity contribution is 6.06. The lowest BCUT2D eigenvalue weighted by atomic mass is 9.87. The van der Waals surface area contributed by atoms with Gasteiger partial charge in [0.05, 0.1) is 0 Å². The number of hydrogen-bond donors (Lipinski definition) is 2. The van der Waals surface area contributed by atoms with Crippen LogP contribution in [-0.4, -0.2) is 24.0 Å². The molecule has 1 heterocycles.